The van der Waals surface area contributed by atoms with Gasteiger partial charge in [-0.05, 0) is 50.9 Å². The van der Waals surface area contributed by atoms with Crippen molar-refractivity contribution in [3.63, 3.8) is 0 Å². The Morgan fingerprint density at radius 3 is 2.86 bits per heavy atom. The Kier molecular flexibility index (Phi) is 5.85. The van der Waals surface area contributed by atoms with Gasteiger partial charge in [0.1, 0.15) is 17.6 Å². The van der Waals surface area contributed by atoms with Crippen molar-refractivity contribution in [1.29, 1.82) is 5.26 Å². The van der Waals surface area contributed by atoms with E-state index in [4.69, 9.17) is 10.2 Å². The van der Waals surface area contributed by atoms with Crippen LogP contribution in [-0.4, -0.2) is 40.9 Å². The minimum atomic E-state index is -0.324. The van der Waals surface area contributed by atoms with E-state index in [1.54, 1.807) is 12.3 Å². The van der Waals surface area contributed by atoms with Gasteiger partial charge in [0.05, 0.1) is 30.8 Å². The molecule has 1 aliphatic rings. The second kappa shape index (κ2) is 8.31. The van der Waals surface area contributed by atoms with Gasteiger partial charge in [-0.2, -0.15) is 5.26 Å². The zero-order valence-electron chi connectivity index (χ0n) is 16.2. The highest BCUT2D eigenvalue weighted by Crippen LogP contribution is 2.27. The maximum Gasteiger partial charge on any atom is 0.239 e. The number of nitriles is 1. The Morgan fingerprint density at radius 1 is 1.43 bits per heavy atom. The molecule has 0 spiro atoms. The first-order chi connectivity index (χ1) is 13.4. The number of primary amides is 1. The third kappa shape index (κ3) is 4.10. The zero-order valence-corrected chi connectivity index (χ0v) is 16.2. The van der Waals surface area contributed by atoms with Gasteiger partial charge in [0, 0.05) is 12.2 Å². The summed E-state index contributed by atoms with van der Waals surface area (Å²) >= 11 is 0. The van der Waals surface area contributed by atoms with Crippen LogP contribution in [0.25, 0.3) is 0 Å². The minimum Gasteiger partial charge on any atom is -0.467 e. The van der Waals surface area contributed by atoms with Gasteiger partial charge in [-0.3, -0.25) is 14.5 Å². The maximum atomic E-state index is 12.7. The van der Waals surface area contributed by atoms with Crippen molar-refractivity contribution >= 4 is 17.6 Å². The molecule has 3 rings (SSSR count). The number of hydrogen-bond donors (Lipinski definition) is 2. The fourth-order valence-electron chi connectivity index (χ4n) is 3.69. The van der Waals surface area contributed by atoms with E-state index in [1.165, 1.54) is 0 Å². The lowest BCUT2D eigenvalue weighted by molar-refractivity contribution is -0.125. The van der Waals surface area contributed by atoms with E-state index in [-0.39, 0.29) is 24.3 Å². The van der Waals surface area contributed by atoms with Crippen molar-refractivity contribution in [2.24, 2.45) is 11.7 Å². The van der Waals surface area contributed by atoms with E-state index in [0.717, 1.165) is 36.4 Å². The van der Waals surface area contributed by atoms with Gasteiger partial charge in [-0.25, -0.2) is 0 Å². The summed E-state index contributed by atoms with van der Waals surface area (Å²) in [5.74, 6) is 0.444. The fraction of sp³-hybridized carbons (Fsp3) is 0.450. The summed E-state index contributed by atoms with van der Waals surface area (Å²) in [6.45, 7) is 5.58. The highest BCUT2D eigenvalue weighted by Gasteiger charge is 2.26. The number of rotatable bonds is 6. The van der Waals surface area contributed by atoms with Gasteiger partial charge in [0.2, 0.25) is 11.8 Å². The van der Waals surface area contributed by atoms with Crippen molar-refractivity contribution < 1.29 is 14.0 Å². The summed E-state index contributed by atoms with van der Waals surface area (Å²) in [4.78, 5) is 26.1. The second-order valence-corrected chi connectivity index (χ2v) is 7.24. The number of hydrogen-bond acceptors (Lipinski definition) is 5. The first-order valence-electron chi connectivity index (χ1n) is 9.34. The number of nitrogens with one attached hydrogen (secondary N) is 1. The first-order valence-corrected chi connectivity index (χ1v) is 9.34. The van der Waals surface area contributed by atoms with Crippen molar-refractivity contribution in [2.45, 2.75) is 33.2 Å². The van der Waals surface area contributed by atoms with Crippen LogP contribution in [0.4, 0.5) is 5.82 Å². The normalized spacial score (nSPS) is 17.2. The summed E-state index contributed by atoms with van der Waals surface area (Å²) in [6, 6.07) is 5.85. The molecular weight excluding hydrogens is 358 g/mol. The molecule has 8 heteroatoms. The van der Waals surface area contributed by atoms with Gasteiger partial charge in [-0.15, -0.1) is 0 Å². The molecule has 2 aromatic rings. The van der Waals surface area contributed by atoms with Crippen LogP contribution in [0.3, 0.4) is 0 Å². The number of nitrogens with two attached hydrogens (primary N) is 1. The van der Waals surface area contributed by atoms with Crippen molar-refractivity contribution in [2.75, 3.05) is 25.0 Å². The molecule has 2 amide bonds. The Bertz CT molecular complexity index is 907. The molecule has 0 aromatic carbocycles. The number of carbonyl (C=O) groups is 2. The number of anilines is 1. The average Bonchev–Trinajstić information content (AvgIpc) is 3.25. The quantitative estimate of drug-likeness (QED) is 0.788. The summed E-state index contributed by atoms with van der Waals surface area (Å²) in [7, 11) is 0. The van der Waals surface area contributed by atoms with Crippen LogP contribution in [-0.2, 0) is 16.1 Å². The Balaban J connectivity index is 1.77. The molecule has 0 aliphatic carbocycles. The van der Waals surface area contributed by atoms with Crippen LogP contribution < -0.4 is 11.1 Å². The van der Waals surface area contributed by atoms with Crippen molar-refractivity contribution in [3.8, 4) is 6.07 Å². The van der Waals surface area contributed by atoms with E-state index >= 15 is 0 Å². The van der Waals surface area contributed by atoms with Gasteiger partial charge in [-0.1, -0.05) is 0 Å². The van der Waals surface area contributed by atoms with Crippen LogP contribution in [0.5, 0.6) is 0 Å². The molecule has 1 fully saturated rings. The molecule has 1 aliphatic heterocycles. The second-order valence-electron chi connectivity index (χ2n) is 7.24. The van der Waals surface area contributed by atoms with Crippen LogP contribution in [0.2, 0.25) is 0 Å². The van der Waals surface area contributed by atoms with E-state index in [2.05, 4.69) is 11.4 Å². The highest BCUT2D eigenvalue weighted by atomic mass is 16.3. The molecule has 0 unspecified atom stereocenters. The van der Waals surface area contributed by atoms with Crippen LogP contribution in [0.1, 0.15) is 35.4 Å². The predicted octanol–water partition coefficient (Wildman–Crippen LogP) is 1.75. The Labute approximate surface area is 163 Å². The van der Waals surface area contributed by atoms with Crippen LogP contribution in [0, 0.1) is 31.1 Å². The number of carbonyl (C=O) groups excluding carboxylic acids is 2. The van der Waals surface area contributed by atoms with Crippen molar-refractivity contribution in [3.05, 3.63) is 41.0 Å². The summed E-state index contributed by atoms with van der Waals surface area (Å²) in [5.41, 5.74) is 7.59. The van der Waals surface area contributed by atoms with E-state index < -0.39 is 0 Å². The molecule has 3 heterocycles. The van der Waals surface area contributed by atoms with E-state index in [9.17, 15) is 14.9 Å². The molecular formula is C20H25N5O3. The molecule has 28 heavy (non-hydrogen) atoms. The number of furan rings is 1. The third-order valence-electron chi connectivity index (χ3n) is 5.37. The number of likely N-dealkylation sites (tertiary alicyclic amines) is 1. The smallest absolute Gasteiger partial charge is 0.239 e. The SMILES string of the molecule is Cc1c(C#N)c(NC(=O)CN2CCC[C@@H](C(N)=O)C2)n(Cc2ccco2)c1C. The summed E-state index contributed by atoms with van der Waals surface area (Å²) in [6.07, 6.45) is 3.18. The molecule has 0 bridgehead atoms. The fourth-order valence-corrected chi connectivity index (χ4v) is 3.69. The molecule has 3 N–H and O–H groups in total. The van der Waals surface area contributed by atoms with Gasteiger partial charge in [0.15, 0.2) is 0 Å². The zero-order chi connectivity index (χ0) is 20.3. The summed E-state index contributed by atoms with van der Waals surface area (Å²) in [5, 5.41) is 12.5. The third-order valence-corrected chi connectivity index (χ3v) is 5.37. The van der Waals surface area contributed by atoms with Crippen LogP contribution >= 0.6 is 0 Å². The molecule has 2 aromatic heterocycles. The monoisotopic (exact) mass is 383 g/mol. The standard InChI is InChI=1S/C20H25N5O3/c1-13-14(2)25(11-16-6-4-8-28-16)20(17(13)9-21)23-18(26)12-24-7-3-5-15(10-24)19(22)27/h4,6,8,15H,3,5,7,10-12H2,1-2H3,(H2,22,27)(H,23,26)/t15-/m1/s1. The number of amides is 2. The number of aromatic nitrogens is 1. The molecule has 1 saturated heterocycles. The topological polar surface area (TPSA) is 117 Å². The number of nitrogens with zero attached hydrogens (tertiary/aromatic N) is 3. The van der Waals surface area contributed by atoms with Crippen molar-refractivity contribution in [1.82, 2.24) is 9.47 Å². The van der Waals surface area contributed by atoms with E-state index in [1.807, 2.05) is 29.4 Å². The molecule has 8 nitrogen and oxygen atoms in total. The first kappa shape index (κ1) is 19.7. The molecule has 0 radical (unpaired) electrons. The molecule has 0 saturated carbocycles. The summed E-state index contributed by atoms with van der Waals surface area (Å²) < 4.78 is 7.30. The van der Waals surface area contributed by atoms with Gasteiger partial charge >= 0.3 is 0 Å². The molecule has 148 valence electrons. The lowest BCUT2D eigenvalue weighted by Gasteiger charge is -2.30. The lowest BCUT2D eigenvalue weighted by Crippen LogP contribution is -2.44. The lowest BCUT2D eigenvalue weighted by atomic mass is 9.97. The average molecular weight is 383 g/mol. The maximum absolute atomic E-state index is 12.7. The van der Waals surface area contributed by atoms with Gasteiger partial charge < -0.3 is 20.0 Å². The molecule has 1 atom stereocenters. The Hall–Kier alpha value is -3.05. The predicted molar refractivity (Wildman–Crippen MR) is 103 cm³/mol. The largest absolute Gasteiger partial charge is 0.467 e. The Morgan fingerprint density at radius 2 is 2.21 bits per heavy atom. The number of piperidine rings is 1. The minimum absolute atomic E-state index is 0.151. The van der Waals surface area contributed by atoms with Gasteiger partial charge in [0.25, 0.3) is 0 Å². The van der Waals surface area contributed by atoms with Crippen LogP contribution in [0.15, 0.2) is 22.8 Å². The van der Waals surface area contributed by atoms with E-state index in [0.29, 0.717) is 24.5 Å². The highest BCUT2D eigenvalue weighted by molar-refractivity contribution is 5.93.